The van der Waals surface area contributed by atoms with E-state index in [1.54, 1.807) is 6.92 Å². The van der Waals surface area contributed by atoms with Crippen LogP contribution in [0.2, 0.25) is 0 Å². The largest absolute Gasteiger partial charge is 0.480 e. The first kappa shape index (κ1) is 12.3. The molecule has 0 spiro atoms. The molecule has 5 nitrogen and oxygen atoms in total. The predicted octanol–water partition coefficient (Wildman–Crippen LogP) is 1.93. The molecule has 1 unspecified atom stereocenters. The average Bonchev–Trinajstić information content (AvgIpc) is 2.57. The maximum absolute atomic E-state index is 13.2. The lowest BCUT2D eigenvalue weighted by molar-refractivity contribution is -0.140. The molecule has 96 valence electrons. The molecule has 2 aromatic rings. The molecule has 0 bridgehead atoms. The molecule has 1 heterocycles. The fourth-order valence-corrected chi connectivity index (χ4v) is 1.90. The van der Waals surface area contributed by atoms with Crippen LogP contribution < -0.4 is 5.73 Å². The maximum atomic E-state index is 13.2. The smallest absolute Gasteiger partial charge is 0.326 e. The number of hydrogen-bond acceptors (Lipinski definition) is 3. The summed E-state index contributed by atoms with van der Waals surface area (Å²) in [4.78, 5) is 14.9. The van der Waals surface area contributed by atoms with Crippen molar-refractivity contribution in [3.63, 3.8) is 0 Å². The van der Waals surface area contributed by atoms with Gasteiger partial charge >= 0.3 is 5.97 Å². The minimum atomic E-state index is -1.10. The van der Waals surface area contributed by atoms with Gasteiger partial charge in [-0.2, -0.15) is 0 Å². The van der Waals surface area contributed by atoms with Gasteiger partial charge in [0.05, 0.1) is 11.0 Å². The molecule has 2 rings (SSSR count). The van der Waals surface area contributed by atoms with Crippen LogP contribution in [0.25, 0.3) is 11.0 Å². The first-order valence-corrected chi connectivity index (χ1v) is 5.31. The summed E-state index contributed by atoms with van der Waals surface area (Å²) in [6.45, 7) is 1.66. The molecule has 7 heteroatoms. The van der Waals surface area contributed by atoms with Crippen LogP contribution >= 0.6 is 0 Å². The van der Waals surface area contributed by atoms with Crippen LogP contribution in [0.15, 0.2) is 12.1 Å². The van der Waals surface area contributed by atoms with Crippen molar-refractivity contribution >= 4 is 23.0 Å². The van der Waals surface area contributed by atoms with E-state index in [1.165, 1.54) is 4.57 Å². The van der Waals surface area contributed by atoms with Crippen LogP contribution in [0.5, 0.6) is 0 Å². The van der Waals surface area contributed by atoms with E-state index >= 15 is 0 Å². The van der Waals surface area contributed by atoms with Crippen LogP contribution in [0.3, 0.4) is 0 Å². The zero-order chi connectivity index (χ0) is 13.4. The summed E-state index contributed by atoms with van der Waals surface area (Å²) in [5.74, 6) is -3.29. The molecule has 0 amide bonds. The molecule has 0 saturated carbocycles. The third kappa shape index (κ3) is 1.77. The van der Waals surface area contributed by atoms with Crippen molar-refractivity contribution in [1.82, 2.24) is 9.55 Å². The quantitative estimate of drug-likeness (QED) is 0.878. The first-order valence-electron chi connectivity index (χ1n) is 5.31. The van der Waals surface area contributed by atoms with E-state index in [-0.39, 0.29) is 23.4 Å². The van der Waals surface area contributed by atoms with Gasteiger partial charge in [0, 0.05) is 12.1 Å². The summed E-state index contributed by atoms with van der Waals surface area (Å²) in [6.07, 6.45) is 0.254. The second-order valence-electron chi connectivity index (χ2n) is 3.86. The van der Waals surface area contributed by atoms with Crippen molar-refractivity contribution in [3.05, 3.63) is 23.8 Å². The van der Waals surface area contributed by atoms with E-state index in [0.717, 1.165) is 12.1 Å². The highest BCUT2D eigenvalue weighted by Crippen LogP contribution is 2.26. The number of nitrogens with zero attached hydrogens (tertiary/aromatic N) is 2. The Morgan fingerprint density at radius 3 is 2.67 bits per heavy atom. The standard InChI is InChI=1S/C11H11F2N3O2/c1-2-8(10(17)18)16-9-4-6(13)5(12)3-7(9)15-11(16)14/h3-4,8H,2H2,1H3,(H2,14,15)(H,17,18). The summed E-state index contributed by atoms with van der Waals surface area (Å²) in [6, 6.07) is 0.839. The van der Waals surface area contributed by atoms with Gasteiger partial charge in [0.1, 0.15) is 6.04 Å². The Bertz CT molecular complexity index is 624. The van der Waals surface area contributed by atoms with Gasteiger partial charge in [-0.1, -0.05) is 6.92 Å². The van der Waals surface area contributed by atoms with E-state index in [9.17, 15) is 13.6 Å². The molecule has 0 saturated heterocycles. The van der Waals surface area contributed by atoms with E-state index < -0.39 is 23.6 Å². The molecular weight excluding hydrogens is 244 g/mol. The maximum Gasteiger partial charge on any atom is 0.326 e. The molecule has 0 radical (unpaired) electrons. The van der Waals surface area contributed by atoms with Crippen LogP contribution in [0.1, 0.15) is 19.4 Å². The van der Waals surface area contributed by atoms with Gasteiger partial charge in [0.25, 0.3) is 0 Å². The van der Waals surface area contributed by atoms with Gasteiger partial charge in [-0.05, 0) is 6.42 Å². The lowest BCUT2D eigenvalue weighted by atomic mass is 10.2. The van der Waals surface area contributed by atoms with Crippen molar-refractivity contribution in [2.24, 2.45) is 0 Å². The summed E-state index contributed by atoms with van der Waals surface area (Å²) >= 11 is 0. The number of imidazole rings is 1. The van der Waals surface area contributed by atoms with Crippen LogP contribution in [-0.2, 0) is 4.79 Å². The Hall–Kier alpha value is -2.18. The molecule has 0 aliphatic rings. The van der Waals surface area contributed by atoms with Gasteiger partial charge in [-0.15, -0.1) is 0 Å². The number of carboxylic acids is 1. The van der Waals surface area contributed by atoms with Crippen molar-refractivity contribution in [2.45, 2.75) is 19.4 Å². The number of carbonyl (C=O) groups is 1. The van der Waals surface area contributed by atoms with Crippen molar-refractivity contribution in [3.8, 4) is 0 Å². The normalized spacial score (nSPS) is 12.8. The summed E-state index contributed by atoms with van der Waals surface area (Å²) < 4.78 is 27.4. The number of carboxylic acid groups (broad SMARTS) is 1. The Balaban J connectivity index is 2.73. The molecule has 18 heavy (non-hydrogen) atoms. The zero-order valence-electron chi connectivity index (χ0n) is 9.52. The van der Waals surface area contributed by atoms with Gasteiger partial charge in [0.2, 0.25) is 5.95 Å². The van der Waals surface area contributed by atoms with Crippen molar-refractivity contribution in [1.29, 1.82) is 0 Å². The molecule has 1 aromatic carbocycles. The summed E-state index contributed by atoms with van der Waals surface area (Å²) in [5, 5.41) is 9.08. The number of anilines is 1. The van der Waals surface area contributed by atoms with Crippen LogP contribution in [-0.4, -0.2) is 20.6 Å². The molecule has 3 N–H and O–H groups in total. The highest BCUT2D eigenvalue weighted by molar-refractivity contribution is 5.82. The number of hydrogen-bond donors (Lipinski definition) is 2. The number of benzene rings is 1. The summed E-state index contributed by atoms with van der Waals surface area (Å²) in [5.41, 5.74) is 5.91. The molecular formula is C11H11F2N3O2. The predicted molar refractivity (Wildman–Crippen MR) is 61.0 cm³/mol. The average molecular weight is 255 g/mol. The second-order valence-corrected chi connectivity index (χ2v) is 3.86. The van der Waals surface area contributed by atoms with E-state index in [0.29, 0.717) is 0 Å². The third-order valence-corrected chi connectivity index (χ3v) is 2.74. The van der Waals surface area contributed by atoms with E-state index in [2.05, 4.69) is 4.98 Å². The van der Waals surface area contributed by atoms with E-state index in [4.69, 9.17) is 10.8 Å². The third-order valence-electron chi connectivity index (χ3n) is 2.74. The fourth-order valence-electron chi connectivity index (χ4n) is 1.90. The minimum absolute atomic E-state index is 0.0794. The fraction of sp³-hybridized carbons (Fsp3) is 0.273. The van der Waals surface area contributed by atoms with Gasteiger partial charge < -0.3 is 10.8 Å². The van der Waals surface area contributed by atoms with Gasteiger partial charge in [-0.25, -0.2) is 18.6 Å². The number of aliphatic carboxylic acids is 1. The minimum Gasteiger partial charge on any atom is -0.480 e. The van der Waals surface area contributed by atoms with Crippen LogP contribution in [0.4, 0.5) is 14.7 Å². The number of aromatic nitrogens is 2. The molecule has 0 aliphatic heterocycles. The lowest BCUT2D eigenvalue weighted by Crippen LogP contribution is -2.19. The topological polar surface area (TPSA) is 81.1 Å². The number of nitrogen functional groups attached to an aromatic ring is 1. The highest BCUT2D eigenvalue weighted by atomic mass is 19.2. The number of halogens is 2. The zero-order valence-corrected chi connectivity index (χ0v) is 9.52. The number of rotatable bonds is 3. The van der Waals surface area contributed by atoms with E-state index in [1.807, 2.05) is 0 Å². The Morgan fingerprint density at radius 1 is 1.50 bits per heavy atom. The van der Waals surface area contributed by atoms with Gasteiger partial charge in [0.15, 0.2) is 11.6 Å². The molecule has 1 atom stereocenters. The number of fused-ring (bicyclic) bond motifs is 1. The molecule has 0 fully saturated rings. The summed E-state index contributed by atoms with van der Waals surface area (Å²) in [7, 11) is 0. The SMILES string of the molecule is CCC(C(=O)O)n1c(N)nc2cc(F)c(F)cc21. The Labute approximate surface area is 101 Å². The van der Waals surface area contributed by atoms with Gasteiger partial charge in [-0.3, -0.25) is 4.57 Å². The first-order chi connectivity index (χ1) is 8.45. The lowest BCUT2D eigenvalue weighted by Gasteiger charge is -2.14. The Morgan fingerprint density at radius 2 is 2.11 bits per heavy atom. The number of nitrogens with two attached hydrogens (primary N) is 1. The van der Waals surface area contributed by atoms with Crippen molar-refractivity contribution in [2.75, 3.05) is 5.73 Å². The second kappa shape index (κ2) is 4.25. The highest BCUT2D eigenvalue weighted by Gasteiger charge is 2.23. The van der Waals surface area contributed by atoms with Crippen LogP contribution in [0, 0.1) is 11.6 Å². The molecule has 0 aliphatic carbocycles. The van der Waals surface area contributed by atoms with Crippen molar-refractivity contribution < 1.29 is 18.7 Å². The molecule has 1 aromatic heterocycles. The Kier molecular flexibility index (Phi) is 2.90. The monoisotopic (exact) mass is 255 g/mol.